The maximum absolute atomic E-state index is 11.0. The van der Waals surface area contributed by atoms with Crippen LogP contribution in [0.1, 0.15) is 27.7 Å². The topological polar surface area (TPSA) is 93.8 Å². The molecular weight excluding hydrogens is 222 g/mol. The Morgan fingerprint density at radius 2 is 2.24 bits per heavy atom. The van der Waals surface area contributed by atoms with Crippen molar-refractivity contribution < 1.29 is 9.90 Å². The lowest BCUT2D eigenvalue weighted by molar-refractivity contribution is 0.0694. The van der Waals surface area contributed by atoms with E-state index in [4.69, 9.17) is 5.11 Å². The molecule has 2 rings (SSSR count). The molecule has 17 heavy (non-hydrogen) atoms. The second-order valence-electron chi connectivity index (χ2n) is 3.55. The second-order valence-corrected chi connectivity index (χ2v) is 3.55. The van der Waals surface area contributed by atoms with Crippen LogP contribution in [-0.4, -0.2) is 35.8 Å². The van der Waals surface area contributed by atoms with Crippen LogP contribution in [0.3, 0.4) is 0 Å². The molecule has 0 radical (unpaired) electrons. The number of aromatic carboxylic acids is 1. The highest BCUT2D eigenvalue weighted by Crippen LogP contribution is 2.07. The summed E-state index contributed by atoms with van der Waals surface area (Å²) in [7, 11) is 0. The van der Waals surface area contributed by atoms with Gasteiger partial charge in [-0.3, -0.25) is 0 Å². The van der Waals surface area contributed by atoms with Gasteiger partial charge in [0, 0.05) is 6.20 Å². The number of carboxylic acid groups (broad SMARTS) is 1. The van der Waals surface area contributed by atoms with Crippen LogP contribution in [0, 0.1) is 13.8 Å². The van der Waals surface area contributed by atoms with Crippen LogP contribution in [-0.2, 0) is 6.54 Å². The van der Waals surface area contributed by atoms with Crippen molar-refractivity contribution in [3.05, 3.63) is 35.4 Å². The Hall–Kier alpha value is -2.31. The van der Waals surface area contributed by atoms with E-state index in [1.807, 2.05) is 6.92 Å². The predicted octanol–water partition coefficient (Wildman–Crippen LogP) is 0.431. The Kier molecular flexibility index (Phi) is 2.82. The van der Waals surface area contributed by atoms with E-state index < -0.39 is 5.97 Å². The van der Waals surface area contributed by atoms with Gasteiger partial charge < -0.3 is 5.11 Å². The molecule has 0 saturated heterocycles. The number of nitrogens with zero attached hydrogens (tertiary/aromatic N) is 5. The molecule has 2 aromatic heterocycles. The van der Waals surface area contributed by atoms with Crippen molar-refractivity contribution in [2.75, 3.05) is 0 Å². The lowest BCUT2D eigenvalue weighted by Gasteiger charge is -2.05. The maximum Gasteiger partial charge on any atom is 0.339 e. The van der Waals surface area contributed by atoms with Gasteiger partial charge in [0.05, 0.1) is 12.2 Å². The fourth-order valence-corrected chi connectivity index (χ4v) is 1.51. The Morgan fingerprint density at radius 3 is 2.82 bits per heavy atom. The van der Waals surface area contributed by atoms with Gasteiger partial charge in [-0.2, -0.15) is 5.10 Å². The molecule has 0 saturated carbocycles. The Labute approximate surface area is 97.2 Å². The molecule has 2 heterocycles. The molecule has 0 fully saturated rings. The SMILES string of the molecule is Cc1nc(C)n(Cc2ncncc2C(=O)O)n1. The van der Waals surface area contributed by atoms with E-state index in [0.29, 0.717) is 11.5 Å². The minimum atomic E-state index is -1.05. The molecule has 1 N–H and O–H groups in total. The van der Waals surface area contributed by atoms with E-state index in [1.165, 1.54) is 12.5 Å². The monoisotopic (exact) mass is 233 g/mol. The van der Waals surface area contributed by atoms with Gasteiger partial charge in [-0.15, -0.1) is 0 Å². The minimum absolute atomic E-state index is 0.0834. The zero-order chi connectivity index (χ0) is 12.4. The summed E-state index contributed by atoms with van der Waals surface area (Å²) >= 11 is 0. The minimum Gasteiger partial charge on any atom is -0.478 e. The number of rotatable bonds is 3. The zero-order valence-electron chi connectivity index (χ0n) is 9.45. The van der Waals surface area contributed by atoms with E-state index >= 15 is 0 Å². The van der Waals surface area contributed by atoms with Crippen molar-refractivity contribution in [3.63, 3.8) is 0 Å². The van der Waals surface area contributed by atoms with E-state index in [9.17, 15) is 4.79 Å². The van der Waals surface area contributed by atoms with Gasteiger partial charge in [0.1, 0.15) is 23.5 Å². The standard InChI is InChI=1S/C10H11N5O2/c1-6-13-7(2)15(14-6)4-9-8(10(16)17)3-11-5-12-9/h3,5H,4H2,1-2H3,(H,16,17). The van der Waals surface area contributed by atoms with Crippen LogP contribution < -0.4 is 0 Å². The molecule has 2 aromatic rings. The van der Waals surface area contributed by atoms with Crippen LogP contribution in [0.2, 0.25) is 0 Å². The van der Waals surface area contributed by atoms with Crippen LogP contribution in [0.4, 0.5) is 0 Å². The smallest absolute Gasteiger partial charge is 0.339 e. The predicted molar refractivity (Wildman–Crippen MR) is 57.6 cm³/mol. The lowest BCUT2D eigenvalue weighted by atomic mass is 10.2. The highest BCUT2D eigenvalue weighted by molar-refractivity contribution is 5.88. The van der Waals surface area contributed by atoms with Gasteiger partial charge in [0.25, 0.3) is 0 Å². The highest BCUT2D eigenvalue weighted by Gasteiger charge is 2.13. The summed E-state index contributed by atoms with van der Waals surface area (Å²) in [5.74, 6) is 0.320. The number of hydrogen-bond acceptors (Lipinski definition) is 5. The number of carboxylic acids is 1. The number of hydrogen-bond donors (Lipinski definition) is 1. The quantitative estimate of drug-likeness (QED) is 0.826. The summed E-state index contributed by atoms with van der Waals surface area (Å²) in [5.41, 5.74) is 0.501. The Bertz CT molecular complexity index is 564. The van der Waals surface area contributed by atoms with E-state index in [-0.39, 0.29) is 12.1 Å². The maximum atomic E-state index is 11.0. The van der Waals surface area contributed by atoms with Crippen molar-refractivity contribution in [2.45, 2.75) is 20.4 Å². The summed E-state index contributed by atoms with van der Waals surface area (Å²) in [6.45, 7) is 3.86. The first-order valence-electron chi connectivity index (χ1n) is 4.98. The first-order valence-corrected chi connectivity index (χ1v) is 4.98. The summed E-state index contributed by atoms with van der Waals surface area (Å²) in [5, 5.41) is 13.2. The molecule has 0 aliphatic rings. The molecule has 88 valence electrons. The fraction of sp³-hybridized carbons (Fsp3) is 0.300. The molecule has 0 aliphatic carbocycles. The third-order valence-electron chi connectivity index (χ3n) is 2.29. The van der Waals surface area contributed by atoms with Gasteiger partial charge in [0.2, 0.25) is 0 Å². The lowest BCUT2D eigenvalue weighted by Crippen LogP contribution is -2.12. The van der Waals surface area contributed by atoms with Crippen LogP contribution in [0.15, 0.2) is 12.5 Å². The zero-order valence-corrected chi connectivity index (χ0v) is 9.45. The van der Waals surface area contributed by atoms with Crippen molar-refractivity contribution in [3.8, 4) is 0 Å². The molecular formula is C10H11N5O2. The third kappa shape index (κ3) is 2.27. The second kappa shape index (κ2) is 4.28. The van der Waals surface area contributed by atoms with Crippen molar-refractivity contribution in [2.24, 2.45) is 0 Å². The van der Waals surface area contributed by atoms with Crippen molar-refractivity contribution in [1.29, 1.82) is 0 Å². The summed E-state index contributed by atoms with van der Waals surface area (Å²) in [6, 6.07) is 0. The first-order chi connectivity index (χ1) is 8.08. The first kappa shape index (κ1) is 11.2. The Morgan fingerprint density at radius 1 is 1.47 bits per heavy atom. The summed E-state index contributed by atoms with van der Waals surface area (Å²) in [4.78, 5) is 22.8. The largest absolute Gasteiger partial charge is 0.478 e. The molecule has 0 unspecified atom stereocenters. The molecule has 0 bridgehead atoms. The highest BCUT2D eigenvalue weighted by atomic mass is 16.4. The van der Waals surface area contributed by atoms with E-state index in [0.717, 1.165) is 5.82 Å². The van der Waals surface area contributed by atoms with Gasteiger partial charge in [-0.05, 0) is 13.8 Å². The van der Waals surface area contributed by atoms with Crippen LogP contribution in [0.5, 0.6) is 0 Å². The molecule has 0 aromatic carbocycles. The van der Waals surface area contributed by atoms with Crippen molar-refractivity contribution in [1.82, 2.24) is 24.7 Å². The number of aromatic nitrogens is 5. The molecule has 7 nitrogen and oxygen atoms in total. The summed E-state index contributed by atoms with van der Waals surface area (Å²) in [6.07, 6.45) is 2.60. The van der Waals surface area contributed by atoms with Gasteiger partial charge in [-0.25, -0.2) is 24.4 Å². The van der Waals surface area contributed by atoms with E-state index in [2.05, 4.69) is 20.1 Å². The molecule has 0 spiro atoms. The third-order valence-corrected chi connectivity index (χ3v) is 2.29. The van der Waals surface area contributed by atoms with E-state index in [1.54, 1.807) is 11.6 Å². The van der Waals surface area contributed by atoms with Gasteiger partial charge >= 0.3 is 5.97 Å². The van der Waals surface area contributed by atoms with Crippen molar-refractivity contribution >= 4 is 5.97 Å². The molecule has 7 heteroatoms. The molecule has 0 amide bonds. The van der Waals surface area contributed by atoms with Crippen LogP contribution in [0.25, 0.3) is 0 Å². The van der Waals surface area contributed by atoms with Gasteiger partial charge in [-0.1, -0.05) is 0 Å². The molecule has 0 atom stereocenters. The number of aryl methyl sites for hydroxylation is 2. The molecule has 0 aliphatic heterocycles. The summed E-state index contributed by atoms with van der Waals surface area (Å²) < 4.78 is 1.62. The number of carbonyl (C=O) groups is 1. The normalized spacial score (nSPS) is 10.5. The average Bonchev–Trinajstić information content (AvgIpc) is 2.58. The fourth-order valence-electron chi connectivity index (χ4n) is 1.51. The van der Waals surface area contributed by atoms with Gasteiger partial charge in [0.15, 0.2) is 0 Å². The van der Waals surface area contributed by atoms with Crippen LogP contribution >= 0.6 is 0 Å². The Balaban J connectivity index is 2.36. The average molecular weight is 233 g/mol.